The zero-order chi connectivity index (χ0) is 9.14. The van der Waals surface area contributed by atoms with Crippen molar-refractivity contribution in [3.05, 3.63) is 27.6 Å². The Kier molecular flexibility index (Phi) is 3.21. The Hall–Kier alpha value is -0.430. The van der Waals surface area contributed by atoms with Crippen molar-refractivity contribution in [1.29, 1.82) is 0 Å². The minimum atomic E-state index is -0.246. The molecule has 0 fully saturated rings. The molecule has 0 radical (unpaired) electrons. The first-order chi connectivity index (χ1) is 5.59. The molecular weight excluding hydrogens is 290 g/mol. The van der Waals surface area contributed by atoms with Crippen molar-refractivity contribution in [3.8, 4) is 0 Å². The van der Waals surface area contributed by atoms with Crippen LogP contribution in [-0.2, 0) is 0 Å². The van der Waals surface area contributed by atoms with Crippen LogP contribution >= 0.6 is 34.8 Å². The molecule has 1 aromatic carbocycles. The summed E-state index contributed by atoms with van der Waals surface area (Å²) in [6.45, 7) is 0. The molecule has 0 spiro atoms. The van der Waals surface area contributed by atoms with Gasteiger partial charge in [-0.15, -0.1) is 0 Å². The van der Waals surface area contributed by atoms with Gasteiger partial charge in [0.1, 0.15) is 5.82 Å². The summed E-state index contributed by atoms with van der Waals surface area (Å²) >= 11 is 6.52. The molecule has 0 aliphatic carbocycles. The van der Waals surface area contributed by atoms with Gasteiger partial charge < -0.3 is 11.1 Å². The molecule has 0 aliphatic rings. The second kappa shape index (κ2) is 3.99. The van der Waals surface area contributed by atoms with Crippen molar-refractivity contribution >= 4 is 45.6 Å². The number of nitrogens with one attached hydrogen (secondary N) is 1. The number of hydrogen-bond donors (Lipinski definition) is 2. The van der Waals surface area contributed by atoms with Gasteiger partial charge in [-0.25, -0.2) is 4.39 Å². The normalized spacial score (nSPS) is 9.50. The van der Waals surface area contributed by atoms with Gasteiger partial charge in [0.05, 0.1) is 3.57 Å². The number of anilines is 1. The zero-order valence-corrected chi connectivity index (χ0v) is 8.95. The SMILES string of the molecule is NC(=S)Nc1ccc(F)c(I)c1. The molecule has 5 heteroatoms. The van der Waals surface area contributed by atoms with Crippen LogP contribution in [0.3, 0.4) is 0 Å². The summed E-state index contributed by atoms with van der Waals surface area (Å²) in [7, 11) is 0. The van der Waals surface area contributed by atoms with E-state index in [1.54, 1.807) is 12.1 Å². The standard InChI is InChI=1S/C7H6FIN2S/c8-5-2-1-4(3-6(5)9)11-7(10)12/h1-3H,(H3,10,11,12). The van der Waals surface area contributed by atoms with Crippen LogP contribution in [0.2, 0.25) is 0 Å². The highest BCUT2D eigenvalue weighted by Crippen LogP contribution is 2.15. The fourth-order valence-corrected chi connectivity index (χ4v) is 1.35. The van der Waals surface area contributed by atoms with Gasteiger partial charge in [0.25, 0.3) is 0 Å². The summed E-state index contributed by atoms with van der Waals surface area (Å²) in [4.78, 5) is 0. The zero-order valence-electron chi connectivity index (χ0n) is 5.97. The maximum atomic E-state index is 12.7. The Morgan fingerprint density at radius 2 is 2.25 bits per heavy atom. The molecule has 12 heavy (non-hydrogen) atoms. The Balaban J connectivity index is 2.89. The van der Waals surface area contributed by atoms with Crippen LogP contribution in [0, 0.1) is 9.39 Å². The average molecular weight is 296 g/mol. The lowest BCUT2D eigenvalue weighted by Gasteiger charge is -2.03. The van der Waals surface area contributed by atoms with Crippen molar-refractivity contribution in [2.75, 3.05) is 5.32 Å². The Bertz CT molecular complexity index is 316. The molecule has 0 amide bonds. The smallest absolute Gasteiger partial charge is 0.168 e. The average Bonchev–Trinajstić information content (AvgIpc) is 1.96. The summed E-state index contributed by atoms with van der Waals surface area (Å²) < 4.78 is 13.3. The molecule has 0 aromatic heterocycles. The molecule has 3 N–H and O–H groups in total. The van der Waals surface area contributed by atoms with Crippen LogP contribution in [0.1, 0.15) is 0 Å². The van der Waals surface area contributed by atoms with E-state index in [-0.39, 0.29) is 10.9 Å². The second-order valence-electron chi connectivity index (χ2n) is 2.12. The number of rotatable bonds is 1. The van der Waals surface area contributed by atoms with Crippen molar-refractivity contribution in [2.45, 2.75) is 0 Å². The van der Waals surface area contributed by atoms with Gasteiger partial charge >= 0.3 is 0 Å². The van der Waals surface area contributed by atoms with Crippen molar-refractivity contribution in [1.82, 2.24) is 0 Å². The number of benzene rings is 1. The van der Waals surface area contributed by atoms with Crippen LogP contribution in [0.25, 0.3) is 0 Å². The summed E-state index contributed by atoms with van der Waals surface area (Å²) in [5, 5.41) is 2.89. The maximum absolute atomic E-state index is 12.7. The van der Waals surface area contributed by atoms with E-state index in [1.165, 1.54) is 6.07 Å². The van der Waals surface area contributed by atoms with Crippen molar-refractivity contribution in [3.63, 3.8) is 0 Å². The molecule has 0 atom stereocenters. The molecule has 0 heterocycles. The molecule has 0 saturated carbocycles. The van der Waals surface area contributed by atoms with Crippen molar-refractivity contribution in [2.24, 2.45) is 5.73 Å². The fourth-order valence-electron chi connectivity index (χ4n) is 0.716. The van der Waals surface area contributed by atoms with E-state index in [0.29, 0.717) is 9.26 Å². The summed E-state index contributed by atoms with van der Waals surface area (Å²) in [5.41, 5.74) is 5.94. The highest BCUT2D eigenvalue weighted by atomic mass is 127. The molecule has 0 aliphatic heterocycles. The van der Waals surface area contributed by atoms with Crippen LogP contribution in [-0.4, -0.2) is 5.11 Å². The monoisotopic (exact) mass is 296 g/mol. The maximum Gasteiger partial charge on any atom is 0.168 e. The lowest BCUT2D eigenvalue weighted by atomic mass is 10.3. The van der Waals surface area contributed by atoms with E-state index in [1.807, 2.05) is 22.6 Å². The van der Waals surface area contributed by atoms with Gasteiger partial charge in [-0.2, -0.15) is 0 Å². The number of hydrogen-bond acceptors (Lipinski definition) is 1. The third-order valence-electron chi connectivity index (χ3n) is 1.19. The Morgan fingerprint density at radius 3 is 2.75 bits per heavy atom. The molecule has 2 nitrogen and oxygen atoms in total. The van der Waals surface area contributed by atoms with Crippen LogP contribution in [0.15, 0.2) is 18.2 Å². The molecule has 0 unspecified atom stereocenters. The predicted octanol–water partition coefficient (Wildman–Crippen LogP) is 2.09. The number of halogens is 2. The molecule has 0 saturated heterocycles. The minimum absolute atomic E-state index is 0.178. The van der Waals surface area contributed by atoms with Crippen LogP contribution in [0.4, 0.5) is 10.1 Å². The third-order valence-corrected chi connectivity index (χ3v) is 2.12. The highest BCUT2D eigenvalue weighted by molar-refractivity contribution is 14.1. The quantitative estimate of drug-likeness (QED) is 0.615. The van der Waals surface area contributed by atoms with E-state index in [2.05, 4.69) is 17.5 Å². The topological polar surface area (TPSA) is 38.0 Å². The number of nitrogens with two attached hydrogens (primary N) is 1. The van der Waals surface area contributed by atoms with Gasteiger partial charge in [0, 0.05) is 5.69 Å². The fraction of sp³-hybridized carbons (Fsp3) is 0. The van der Waals surface area contributed by atoms with Gasteiger partial charge in [0.15, 0.2) is 5.11 Å². The minimum Gasteiger partial charge on any atom is -0.376 e. The van der Waals surface area contributed by atoms with E-state index in [4.69, 9.17) is 5.73 Å². The molecular formula is C7H6FIN2S. The first-order valence-electron chi connectivity index (χ1n) is 3.11. The van der Waals surface area contributed by atoms with Gasteiger partial charge in [-0.05, 0) is 53.0 Å². The van der Waals surface area contributed by atoms with Crippen molar-refractivity contribution < 1.29 is 4.39 Å². The first kappa shape index (κ1) is 9.66. The number of thiocarbonyl (C=S) groups is 1. The predicted molar refractivity (Wildman–Crippen MR) is 59.5 cm³/mol. The van der Waals surface area contributed by atoms with Crippen LogP contribution < -0.4 is 11.1 Å². The molecule has 0 bridgehead atoms. The van der Waals surface area contributed by atoms with E-state index >= 15 is 0 Å². The van der Waals surface area contributed by atoms with Gasteiger partial charge in [-0.1, -0.05) is 0 Å². The van der Waals surface area contributed by atoms with Gasteiger partial charge in [-0.3, -0.25) is 0 Å². The van der Waals surface area contributed by atoms with Gasteiger partial charge in [0.2, 0.25) is 0 Å². The summed E-state index contributed by atoms with van der Waals surface area (Å²) in [6.07, 6.45) is 0. The van der Waals surface area contributed by atoms with E-state index in [9.17, 15) is 4.39 Å². The molecule has 1 aromatic rings. The Morgan fingerprint density at radius 1 is 1.58 bits per heavy atom. The summed E-state index contributed by atoms with van der Waals surface area (Å²) in [6, 6.07) is 4.58. The van der Waals surface area contributed by atoms with E-state index in [0.717, 1.165) is 0 Å². The summed E-state index contributed by atoms with van der Waals surface area (Å²) in [5.74, 6) is -0.246. The second-order valence-corrected chi connectivity index (χ2v) is 3.72. The first-order valence-corrected chi connectivity index (χ1v) is 4.60. The van der Waals surface area contributed by atoms with Crippen LogP contribution in [0.5, 0.6) is 0 Å². The molecule has 1 rings (SSSR count). The lowest BCUT2D eigenvalue weighted by Crippen LogP contribution is -2.18. The third kappa shape index (κ3) is 2.56. The molecule has 64 valence electrons. The largest absolute Gasteiger partial charge is 0.376 e. The lowest BCUT2D eigenvalue weighted by molar-refractivity contribution is 0.620. The Labute approximate surface area is 88.5 Å². The highest BCUT2D eigenvalue weighted by Gasteiger charge is 1.99. The van der Waals surface area contributed by atoms with E-state index < -0.39 is 0 Å².